The van der Waals surface area contributed by atoms with Gasteiger partial charge < -0.3 is 10.2 Å². The van der Waals surface area contributed by atoms with Crippen molar-refractivity contribution in [1.29, 1.82) is 5.26 Å². The minimum atomic E-state index is -0.108. The largest absolute Gasteiger partial charge is 0.325 e. The highest BCUT2D eigenvalue weighted by Gasteiger charge is 2.25. The first kappa shape index (κ1) is 23.5. The molecule has 1 amide bonds. The van der Waals surface area contributed by atoms with Crippen LogP contribution < -0.4 is 5.32 Å². The number of anilines is 1. The fraction of sp³-hybridized carbons (Fsp3) is 0.346. The van der Waals surface area contributed by atoms with Crippen molar-refractivity contribution in [3.05, 3.63) is 63.5 Å². The lowest BCUT2D eigenvalue weighted by Gasteiger charge is -2.27. The van der Waals surface area contributed by atoms with Gasteiger partial charge in [-0.2, -0.15) is 16.6 Å². The molecule has 170 valence electrons. The van der Waals surface area contributed by atoms with Crippen molar-refractivity contribution in [2.24, 2.45) is 0 Å². The third-order valence-corrected chi connectivity index (χ3v) is 7.46. The van der Waals surface area contributed by atoms with Gasteiger partial charge in [-0.05, 0) is 58.1 Å². The number of amides is 1. The molecule has 0 aliphatic carbocycles. The summed E-state index contributed by atoms with van der Waals surface area (Å²) in [6, 6.07) is 12.4. The number of nitriles is 1. The highest BCUT2D eigenvalue weighted by Crippen LogP contribution is 2.38. The van der Waals surface area contributed by atoms with E-state index in [1.807, 2.05) is 29.6 Å². The molecule has 1 aromatic carbocycles. The van der Waals surface area contributed by atoms with Crippen molar-refractivity contribution in [1.82, 2.24) is 9.88 Å². The van der Waals surface area contributed by atoms with Gasteiger partial charge in [0, 0.05) is 36.5 Å². The minimum Gasteiger partial charge on any atom is -0.325 e. The van der Waals surface area contributed by atoms with Gasteiger partial charge in [0.05, 0.1) is 11.3 Å². The summed E-state index contributed by atoms with van der Waals surface area (Å²) in [5.41, 5.74) is 6.81. The zero-order valence-electron chi connectivity index (χ0n) is 19.4. The Kier molecular flexibility index (Phi) is 6.89. The first-order valence-corrected chi connectivity index (χ1v) is 12.9. The maximum Gasteiger partial charge on any atom is 0.234 e. The van der Waals surface area contributed by atoms with Crippen molar-refractivity contribution in [2.75, 3.05) is 24.7 Å². The van der Waals surface area contributed by atoms with E-state index in [1.54, 1.807) is 11.3 Å². The maximum atomic E-state index is 12.7. The van der Waals surface area contributed by atoms with Crippen LogP contribution >= 0.6 is 23.1 Å². The number of thiophene rings is 1. The van der Waals surface area contributed by atoms with Gasteiger partial charge in [0.1, 0.15) is 11.1 Å². The van der Waals surface area contributed by atoms with Crippen LogP contribution in [0.15, 0.2) is 46.1 Å². The first-order valence-electron chi connectivity index (χ1n) is 11.0. The molecule has 0 atom stereocenters. The second-order valence-electron chi connectivity index (χ2n) is 9.37. The molecule has 0 radical (unpaired) electrons. The molecular weight excluding hydrogens is 448 g/mol. The third kappa shape index (κ3) is 5.30. The van der Waals surface area contributed by atoms with Crippen molar-refractivity contribution in [3.8, 4) is 17.2 Å². The predicted molar refractivity (Wildman–Crippen MR) is 137 cm³/mol. The summed E-state index contributed by atoms with van der Waals surface area (Å²) in [6.45, 7) is 8.20. The number of hydrogen-bond donors (Lipinski definition) is 1. The lowest BCUT2D eigenvalue weighted by molar-refractivity contribution is -0.113. The van der Waals surface area contributed by atoms with E-state index in [0.717, 1.165) is 47.6 Å². The Hall–Kier alpha value is -2.66. The normalized spacial score (nSPS) is 13.9. The van der Waals surface area contributed by atoms with Crippen molar-refractivity contribution in [2.45, 2.75) is 44.2 Å². The minimum absolute atomic E-state index is 0.0686. The van der Waals surface area contributed by atoms with E-state index in [9.17, 15) is 10.1 Å². The van der Waals surface area contributed by atoms with Gasteiger partial charge in [-0.25, -0.2) is 4.98 Å². The van der Waals surface area contributed by atoms with Crippen LogP contribution in [0.5, 0.6) is 0 Å². The van der Waals surface area contributed by atoms with Crippen LogP contribution in [0.2, 0.25) is 0 Å². The number of aromatic nitrogens is 1. The van der Waals surface area contributed by atoms with Crippen LogP contribution in [-0.4, -0.2) is 35.1 Å². The number of nitrogens with zero attached hydrogens (tertiary/aromatic N) is 3. The summed E-state index contributed by atoms with van der Waals surface area (Å²) in [5, 5.41) is 17.8. The number of fused-ring (bicyclic) bond motifs is 1. The van der Waals surface area contributed by atoms with Crippen LogP contribution in [0.3, 0.4) is 0 Å². The molecule has 4 rings (SSSR count). The predicted octanol–water partition coefficient (Wildman–Crippen LogP) is 5.70. The summed E-state index contributed by atoms with van der Waals surface area (Å²) in [7, 11) is 2.09. The van der Waals surface area contributed by atoms with Crippen LogP contribution in [-0.2, 0) is 23.2 Å². The molecule has 0 saturated heterocycles. The maximum absolute atomic E-state index is 12.7. The van der Waals surface area contributed by atoms with Gasteiger partial charge in [0.2, 0.25) is 5.91 Å². The quantitative estimate of drug-likeness (QED) is 0.479. The average Bonchev–Trinajstić information content (AvgIpc) is 3.31. The third-order valence-electron chi connectivity index (χ3n) is 5.81. The van der Waals surface area contributed by atoms with E-state index in [0.29, 0.717) is 10.6 Å². The molecule has 0 unspecified atom stereocenters. The Bertz CT molecular complexity index is 1190. The lowest BCUT2D eigenvalue weighted by atomic mass is 9.87. The highest BCUT2D eigenvalue weighted by atomic mass is 32.2. The topological polar surface area (TPSA) is 69.0 Å². The Balaban J connectivity index is 1.55. The number of hydrogen-bond acceptors (Lipinski definition) is 6. The molecule has 0 fully saturated rings. The number of benzene rings is 1. The number of nitrogens with one attached hydrogen (secondary N) is 1. The molecule has 1 aliphatic heterocycles. The van der Waals surface area contributed by atoms with E-state index >= 15 is 0 Å². The highest BCUT2D eigenvalue weighted by molar-refractivity contribution is 8.00. The number of thioether (sulfide) groups is 1. The SMILES string of the molecule is CN1CCc2nc(SCC(=O)Nc3ccc(C(C)(C)C)cc3)c(C#N)c(-c3ccsc3)c2C1. The van der Waals surface area contributed by atoms with Crippen LogP contribution in [0, 0.1) is 11.3 Å². The van der Waals surface area contributed by atoms with Gasteiger partial charge in [0.25, 0.3) is 0 Å². The summed E-state index contributed by atoms with van der Waals surface area (Å²) < 4.78 is 0. The van der Waals surface area contributed by atoms with E-state index in [1.165, 1.54) is 17.3 Å². The van der Waals surface area contributed by atoms with Gasteiger partial charge >= 0.3 is 0 Å². The number of pyridine rings is 1. The zero-order valence-corrected chi connectivity index (χ0v) is 21.1. The number of carbonyl (C=O) groups is 1. The molecule has 0 bridgehead atoms. The fourth-order valence-corrected chi connectivity index (χ4v) is 5.44. The molecule has 1 aliphatic rings. The van der Waals surface area contributed by atoms with Crippen molar-refractivity contribution in [3.63, 3.8) is 0 Å². The smallest absolute Gasteiger partial charge is 0.234 e. The summed E-state index contributed by atoms with van der Waals surface area (Å²) in [5.74, 6) is 0.0912. The van der Waals surface area contributed by atoms with Gasteiger partial charge in [-0.1, -0.05) is 44.7 Å². The summed E-state index contributed by atoms with van der Waals surface area (Å²) in [6.07, 6.45) is 0.842. The Morgan fingerprint density at radius 3 is 2.67 bits per heavy atom. The molecule has 1 N–H and O–H groups in total. The molecule has 0 spiro atoms. The van der Waals surface area contributed by atoms with E-state index in [2.05, 4.69) is 55.6 Å². The van der Waals surface area contributed by atoms with E-state index in [4.69, 9.17) is 4.98 Å². The van der Waals surface area contributed by atoms with E-state index < -0.39 is 0 Å². The van der Waals surface area contributed by atoms with Crippen LogP contribution in [0.4, 0.5) is 5.69 Å². The second kappa shape index (κ2) is 9.68. The standard InChI is InChI=1S/C26H28N4OS2/c1-26(2,3)18-5-7-19(8-6-18)28-23(31)16-33-25-20(13-27)24(17-10-12-32-15-17)21-14-30(4)11-9-22(21)29-25/h5-8,10,12,15H,9,11,14,16H2,1-4H3,(H,28,31). The van der Waals surface area contributed by atoms with Gasteiger partial charge in [-0.15, -0.1) is 0 Å². The Labute approximate surface area is 203 Å². The molecule has 0 saturated carbocycles. The molecule has 33 heavy (non-hydrogen) atoms. The van der Waals surface area contributed by atoms with Crippen LogP contribution in [0.25, 0.3) is 11.1 Å². The van der Waals surface area contributed by atoms with Crippen molar-refractivity contribution < 1.29 is 4.79 Å². The van der Waals surface area contributed by atoms with Gasteiger partial charge in [-0.3, -0.25) is 4.79 Å². The van der Waals surface area contributed by atoms with Crippen LogP contribution in [0.1, 0.15) is 43.2 Å². The van der Waals surface area contributed by atoms with Crippen molar-refractivity contribution >= 4 is 34.7 Å². The summed E-state index contributed by atoms with van der Waals surface area (Å²) >= 11 is 2.95. The molecule has 3 aromatic rings. The first-order chi connectivity index (χ1) is 15.8. The fourth-order valence-electron chi connectivity index (χ4n) is 3.99. The Morgan fingerprint density at radius 2 is 2.03 bits per heavy atom. The van der Waals surface area contributed by atoms with E-state index in [-0.39, 0.29) is 17.1 Å². The number of rotatable bonds is 5. The number of carbonyl (C=O) groups excluding carboxylic acids is 1. The Morgan fingerprint density at radius 1 is 1.27 bits per heavy atom. The molecule has 5 nitrogen and oxygen atoms in total. The average molecular weight is 477 g/mol. The summed E-state index contributed by atoms with van der Waals surface area (Å²) in [4.78, 5) is 19.8. The second-order valence-corrected chi connectivity index (χ2v) is 11.1. The monoisotopic (exact) mass is 476 g/mol. The molecular formula is C26H28N4OS2. The zero-order chi connectivity index (χ0) is 23.6. The molecule has 2 aromatic heterocycles. The van der Waals surface area contributed by atoms with Gasteiger partial charge in [0.15, 0.2) is 0 Å². The lowest BCUT2D eigenvalue weighted by Crippen LogP contribution is -2.28. The number of likely N-dealkylation sites (N-methyl/N-ethyl adjacent to an activating group) is 1. The molecule has 3 heterocycles. The molecule has 7 heteroatoms.